The van der Waals surface area contributed by atoms with Crippen molar-refractivity contribution in [3.05, 3.63) is 47.3 Å². The van der Waals surface area contributed by atoms with Crippen molar-refractivity contribution in [1.29, 1.82) is 0 Å². The van der Waals surface area contributed by atoms with E-state index in [0.717, 1.165) is 17.6 Å². The second-order valence-corrected chi connectivity index (χ2v) is 5.41. The maximum absolute atomic E-state index is 12.3. The van der Waals surface area contributed by atoms with Gasteiger partial charge in [-0.3, -0.25) is 4.79 Å². The summed E-state index contributed by atoms with van der Waals surface area (Å²) in [5.41, 5.74) is 3.73. The van der Waals surface area contributed by atoms with Crippen LogP contribution in [0.5, 0.6) is 0 Å². The van der Waals surface area contributed by atoms with E-state index in [0.29, 0.717) is 11.6 Å². The number of amides is 1. The summed E-state index contributed by atoms with van der Waals surface area (Å²) >= 11 is 0. The topological polar surface area (TPSA) is 60.1 Å². The minimum absolute atomic E-state index is 0.264. The lowest BCUT2D eigenvalue weighted by molar-refractivity contribution is 0.0994. The smallest absolute Gasteiger partial charge is 0.293 e. The molecule has 0 atom stereocenters. The van der Waals surface area contributed by atoms with Crippen LogP contribution in [0.1, 0.15) is 34.8 Å². The predicted octanol–water partition coefficient (Wildman–Crippen LogP) is 3.83. The van der Waals surface area contributed by atoms with Gasteiger partial charge in [0, 0.05) is 35.8 Å². The van der Waals surface area contributed by atoms with Crippen LogP contribution in [-0.2, 0) is 6.54 Å². The van der Waals surface area contributed by atoms with Crippen molar-refractivity contribution >= 4 is 22.5 Å². The van der Waals surface area contributed by atoms with Gasteiger partial charge in [-0.25, -0.2) is 4.98 Å². The molecule has 5 heteroatoms. The predicted molar refractivity (Wildman–Crippen MR) is 86.3 cm³/mol. The summed E-state index contributed by atoms with van der Waals surface area (Å²) in [6.45, 7) is 8.63. The van der Waals surface area contributed by atoms with E-state index in [1.54, 1.807) is 13.8 Å². The zero-order valence-electron chi connectivity index (χ0n) is 13.2. The number of rotatable bonds is 3. The number of hydrogen-bond donors (Lipinski definition) is 1. The fraction of sp³-hybridized carbons (Fsp3) is 0.294. The Bertz CT molecular complexity index is 858. The first-order valence-electron chi connectivity index (χ1n) is 7.35. The van der Waals surface area contributed by atoms with Gasteiger partial charge in [-0.15, -0.1) is 0 Å². The summed E-state index contributed by atoms with van der Waals surface area (Å²) in [5.74, 6) is 0.484. The first kappa shape index (κ1) is 14.4. The molecule has 22 heavy (non-hydrogen) atoms. The minimum atomic E-state index is -0.274. The summed E-state index contributed by atoms with van der Waals surface area (Å²) in [4.78, 5) is 16.4. The van der Waals surface area contributed by atoms with Crippen LogP contribution in [0.4, 0.5) is 5.69 Å². The largest absolute Gasteiger partial charge is 0.436 e. The van der Waals surface area contributed by atoms with E-state index in [1.165, 1.54) is 11.2 Å². The SMILES string of the molecule is CCn1c(C)cc2cc(NC(=O)c3oc(C)nc3C)ccc21. The average Bonchev–Trinajstić information content (AvgIpc) is 2.96. The summed E-state index contributed by atoms with van der Waals surface area (Å²) < 4.78 is 7.59. The van der Waals surface area contributed by atoms with Gasteiger partial charge in [0.1, 0.15) is 0 Å². The normalized spacial score (nSPS) is 11.1. The van der Waals surface area contributed by atoms with Crippen LogP contribution in [0.3, 0.4) is 0 Å². The molecule has 0 aliphatic heterocycles. The van der Waals surface area contributed by atoms with Crippen molar-refractivity contribution in [2.75, 3.05) is 5.32 Å². The number of anilines is 1. The highest BCUT2D eigenvalue weighted by Crippen LogP contribution is 2.24. The Hall–Kier alpha value is -2.56. The third-order valence-electron chi connectivity index (χ3n) is 3.79. The molecule has 0 aliphatic rings. The molecule has 114 valence electrons. The summed E-state index contributed by atoms with van der Waals surface area (Å²) in [6.07, 6.45) is 0. The maximum Gasteiger partial charge on any atom is 0.293 e. The highest BCUT2D eigenvalue weighted by Gasteiger charge is 2.16. The highest BCUT2D eigenvalue weighted by molar-refractivity contribution is 6.04. The Morgan fingerprint density at radius 3 is 2.68 bits per heavy atom. The van der Waals surface area contributed by atoms with E-state index in [9.17, 15) is 4.79 Å². The lowest BCUT2D eigenvalue weighted by Crippen LogP contribution is -2.12. The molecule has 0 spiro atoms. The van der Waals surface area contributed by atoms with Crippen molar-refractivity contribution in [2.24, 2.45) is 0 Å². The van der Waals surface area contributed by atoms with E-state index in [2.05, 4.69) is 34.8 Å². The van der Waals surface area contributed by atoms with Gasteiger partial charge in [-0.1, -0.05) is 0 Å². The van der Waals surface area contributed by atoms with Crippen molar-refractivity contribution in [3.63, 3.8) is 0 Å². The Kier molecular flexibility index (Phi) is 3.48. The van der Waals surface area contributed by atoms with Crippen LogP contribution in [0.15, 0.2) is 28.7 Å². The average molecular weight is 297 g/mol. The summed E-state index contributed by atoms with van der Waals surface area (Å²) in [6, 6.07) is 8.04. The molecule has 0 unspecified atom stereocenters. The molecule has 5 nitrogen and oxygen atoms in total. The van der Waals surface area contributed by atoms with Gasteiger partial charge in [-0.2, -0.15) is 0 Å². The molecule has 3 aromatic rings. The first-order valence-corrected chi connectivity index (χ1v) is 7.35. The molecule has 0 saturated carbocycles. The molecular weight excluding hydrogens is 278 g/mol. The van der Waals surface area contributed by atoms with Crippen molar-refractivity contribution in [3.8, 4) is 0 Å². The third kappa shape index (κ3) is 2.39. The number of carbonyl (C=O) groups is 1. The molecule has 2 aromatic heterocycles. The molecule has 0 fully saturated rings. The van der Waals surface area contributed by atoms with Crippen LogP contribution in [0.2, 0.25) is 0 Å². The zero-order valence-corrected chi connectivity index (χ0v) is 13.2. The molecule has 0 bridgehead atoms. The fourth-order valence-electron chi connectivity index (χ4n) is 2.84. The zero-order chi connectivity index (χ0) is 15.9. The molecular formula is C17H19N3O2. The Morgan fingerprint density at radius 2 is 2.05 bits per heavy atom. The quantitative estimate of drug-likeness (QED) is 0.799. The van der Waals surface area contributed by atoms with Gasteiger partial charge in [0.15, 0.2) is 5.89 Å². The maximum atomic E-state index is 12.3. The number of aromatic nitrogens is 2. The number of aryl methyl sites for hydroxylation is 4. The summed E-state index contributed by atoms with van der Waals surface area (Å²) in [5, 5.41) is 3.98. The van der Waals surface area contributed by atoms with Crippen LogP contribution < -0.4 is 5.32 Å². The van der Waals surface area contributed by atoms with E-state index >= 15 is 0 Å². The number of nitrogens with zero attached hydrogens (tertiary/aromatic N) is 2. The molecule has 0 radical (unpaired) electrons. The summed E-state index contributed by atoms with van der Waals surface area (Å²) in [7, 11) is 0. The van der Waals surface area contributed by atoms with Gasteiger partial charge in [0.2, 0.25) is 5.76 Å². The van der Waals surface area contributed by atoms with E-state index < -0.39 is 0 Å². The number of benzene rings is 1. The molecule has 0 aliphatic carbocycles. The van der Waals surface area contributed by atoms with Crippen LogP contribution in [-0.4, -0.2) is 15.5 Å². The van der Waals surface area contributed by atoms with Crippen LogP contribution in [0.25, 0.3) is 10.9 Å². The standard InChI is InChI=1S/C17H19N3O2/c1-5-20-10(2)8-13-9-14(6-7-15(13)20)19-17(21)16-11(3)18-12(4)22-16/h6-9H,5H2,1-4H3,(H,19,21). The number of carbonyl (C=O) groups excluding carboxylic acids is 1. The number of oxazole rings is 1. The van der Waals surface area contributed by atoms with Gasteiger partial charge in [0.05, 0.1) is 5.69 Å². The Morgan fingerprint density at radius 1 is 1.27 bits per heavy atom. The van der Waals surface area contributed by atoms with Crippen molar-refractivity contribution < 1.29 is 9.21 Å². The van der Waals surface area contributed by atoms with E-state index in [4.69, 9.17) is 4.42 Å². The molecule has 1 aromatic carbocycles. The van der Waals surface area contributed by atoms with E-state index in [-0.39, 0.29) is 11.7 Å². The number of nitrogens with one attached hydrogen (secondary N) is 1. The lowest BCUT2D eigenvalue weighted by Gasteiger charge is -2.06. The first-order chi connectivity index (χ1) is 10.5. The van der Waals surface area contributed by atoms with Gasteiger partial charge in [0.25, 0.3) is 5.91 Å². The number of fused-ring (bicyclic) bond motifs is 1. The molecule has 3 rings (SSSR count). The number of hydrogen-bond acceptors (Lipinski definition) is 3. The second kappa shape index (κ2) is 5.33. The molecule has 1 amide bonds. The molecule has 0 saturated heterocycles. The van der Waals surface area contributed by atoms with Crippen molar-refractivity contribution in [2.45, 2.75) is 34.2 Å². The Labute approximate surface area is 129 Å². The minimum Gasteiger partial charge on any atom is -0.436 e. The van der Waals surface area contributed by atoms with Crippen LogP contribution in [0, 0.1) is 20.8 Å². The van der Waals surface area contributed by atoms with Crippen molar-refractivity contribution in [1.82, 2.24) is 9.55 Å². The second-order valence-electron chi connectivity index (χ2n) is 5.41. The Balaban J connectivity index is 1.91. The third-order valence-corrected chi connectivity index (χ3v) is 3.79. The van der Waals surface area contributed by atoms with Gasteiger partial charge < -0.3 is 14.3 Å². The lowest BCUT2D eigenvalue weighted by atomic mass is 10.2. The highest BCUT2D eigenvalue weighted by atomic mass is 16.4. The molecule has 1 N–H and O–H groups in total. The van der Waals surface area contributed by atoms with Gasteiger partial charge in [-0.05, 0) is 45.0 Å². The fourth-order valence-corrected chi connectivity index (χ4v) is 2.84. The van der Waals surface area contributed by atoms with Crippen LogP contribution >= 0.6 is 0 Å². The monoisotopic (exact) mass is 297 g/mol. The van der Waals surface area contributed by atoms with E-state index in [1.807, 2.05) is 18.2 Å². The molecule has 2 heterocycles. The van der Waals surface area contributed by atoms with Gasteiger partial charge >= 0.3 is 0 Å².